The number of aromatic amines is 1. The smallest absolute Gasteiger partial charge is 0.263 e. The molecule has 3 aromatic heterocycles. The van der Waals surface area contributed by atoms with Crippen molar-refractivity contribution in [2.45, 2.75) is 38.0 Å². The molecule has 0 saturated heterocycles. The van der Waals surface area contributed by atoms with E-state index in [2.05, 4.69) is 43.5 Å². The molecule has 170 valence electrons. The number of hydrogen-bond acceptors (Lipinski definition) is 6. The number of benzene rings is 1. The van der Waals surface area contributed by atoms with Crippen LogP contribution in [0.25, 0.3) is 22.0 Å². The zero-order valence-corrected chi connectivity index (χ0v) is 19.0. The Morgan fingerprint density at radius 2 is 1.97 bits per heavy atom. The summed E-state index contributed by atoms with van der Waals surface area (Å²) in [5.41, 5.74) is 8.83. The second kappa shape index (κ2) is 10.8. The van der Waals surface area contributed by atoms with E-state index in [1.165, 1.54) is 11.3 Å². The fraction of sp³-hybridized carbons (Fsp3) is 0.292. The monoisotopic (exact) mass is 462 g/mol. The Balaban J connectivity index is 1.46. The van der Waals surface area contributed by atoms with Gasteiger partial charge in [0.05, 0.1) is 23.6 Å². The summed E-state index contributed by atoms with van der Waals surface area (Å²) in [4.78, 5) is 40.2. The number of pyridine rings is 1. The third-order valence-corrected chi connectivity index (χ3v) is 6.35. The first-order chi connectivity index (χ1) is 16.1. The van der Waals surface area contributed by atoms with Crippen LogP contribution in [0.4, 0.5) is 0 Å². The average Bonchev–Trinajstić information content (AvgIpc) is 3.53. The summed E-state index contributed by atoms with van der Waals surface area (Å²) in [5, 5.41) is 5.20. The topological polar surface area (TPSA) is 127 Å². The van der Waals surface area contributed by atoms with E-state index < -0.39 is 0 Å². The number of primary amides is 1. The molecule has 4 aromatic rings. The summed E-state index contributed by atoms with van der Waals surface area (Å²) in [7, 11) is 0. The van der Waals surface area contributed by atoms with Crippen molar-refractivity contribution in [3.63, 3.8) is 0 Å². The zero-order chi connectivity index (χ0) is 23.0. The van der Waals surface area contributed by atoms with Crippen molar-refractivity contribution in [2.24, 2.45) is 5.73 Å². The minimum Gasteiger partial charge on any atom is -0.370 e. The third-order valence-electron chi connectivity index (χ3n) is 5.57. The second-order valence-electron chi connectivity index (χ2n) is 7.96. The van der Waals surface area contributed by atoms with Crippen molar-refractivity contribution in [3.8, 4) is 11.3 Å². The summed E-state index contributed by atoms with van der Waals surface area (Å²) >= 11 is 1.31. The van der Waals surface area contributed by atoms with Crippen LogP contribution in [0, 0.1) is 0 Å². The lowest BCUT2D eigenvalue weighted by atomic mass is 9.99. The number of thiazole rings is 1. The number of nitrogens with one attached hydrogen (secondary N) is 2. The standard InChI is InChI=1S/C24H26N6O2S/c25-22(31)5-3-1-2-4-18(12-29-24(32)21-14-27-15-33-21)23-28-13-20(30-23)17-7-6-16-8-9-26-11-19(16)10-17/h6-11,13-15,18H,1-5,12H2,(H2,25,31)(H,28,30)(H,29,32). The Hall–Kier alpha value is -3.59. The predicted molar refractivity (Wildman–Crippen MR) is 129 cm³/mol. The van der Waals surface area contributed by atoms with Crippen LogP contribution in [0.15, 0.2) is 54.6 Å². The van der Waals surface area contributed by atoms with Gasteiger partial charge in [-0.05, 0) is 30.4 Å². The summed E-state index contributed by atoms with van der Waals surface area (Å²) in [6.45, 7) is 0.459. The molecule has 4 rings (SSSR count). The number of fused-ring (bicyclic) bond motifs is 1. The molecule has 0 radical (unpaired) electrons. The van der Waals surface area contributed by atoms with Crippen molar-refractivity contribution in [2.75, 3.05) is 6.54 Å². The maximum atomic E-state index is 12.4. The SMILES string of the molecule is NC(=O)CCCCCC(CNC(=O)c1cncs1)c1ncc(-c2ccc3ccncc3c2)[nH]1. The highest BCUT2D eigenvalue weighted by atomic mass is 32.1. The van der Waals surface area contributed by atoms with Crippen LogP contribution in [0.2, 0.25) is 0 Å². The van der Waals surface area contributed by atoms with Gasteiger partial charge in [0.1, 0.15) is 10.7 Å². The lowest BCUT2D eigenvalue weighted by Crippen LogP contribution is -2.28. The van der Waals surface area contributed by atoms with Gasteiger partial charge in [0.25, 0.3) is 5.91 Å². The highest BCUT2D eigenvalue weighted by Crippen LogP contribution is 2.26. The zero-order valence-electron chi connectivity index (χ0n) is 18.2. The molecule has 9 heteroatoms. The normalized spacial score (nSPS) is 12.0. The molecular weight excluding hydrogens is 436 g/mol. The van der Waals surface area contributed by atoms with E-state index in [9.17, 15) is 9.59 Å². The molecule has 3 heterocycles. The minimum absolute atomic E-state index is 0.0197. The first-order valence-corrected chi connectivity index (χ1v) is 11.8. The molecular formula is C24H26N6O2S. The molecule has 8 nitrogen and oxygen atoms in total. The highest BCUT2D eigenvalue weighted by molar-refractivity contribution is 7.11. The highest BCUT2D eigenvalue weighted by Gasteiger charge is 2.18. The number of amides is 2. The molecule has 0 fully saturated rings. The van der Waals surface area contributed by atoms with E-state index in [-0.39, 0.29) is 17.7 Å². The number of hydrogen-bond donors (Lipinski definition) is 3. The van der Waals surface area contributed by atoms with Crippen molar-refractivity contribution < 1.29 is 9.59 Å². The maximum Gasteiger partial charge on any atom is 0.263 e. The minimum atomic E-state index is -0.273. The van der Waals surface area contributed by atoms with E-state index in [0.29, 0.717) is 17.8 Å². The summed E-state index contributed by atoms with van der Waals surface area (Å²) in [6, 6.07) is 8.20. The summed E-state index contributed by atoms with van der Waals surface area (Å²) in [6.07, 6.45) is 10.8. The van der Waals surface area contributed by atoms with Gasteiger partial charge in [-0.3, -0.25) is 19.6 Å². The van der Waals surface area contributed by atoms with E-state index in [4.69, 9.17) is 5.73 Å². The van der Waals surface area contributed by atoms with Gasteiger partial charge in [-0.1, -0.05) is 25.0 Å². The van der Waals surface area contributed by atoms with Crippen molar-refractivity contribution in [1.29, 1.82) is 0 Å². The second-order valence-corrected chi connectivity index (χ2v) is 8.84. The molecule has 1 unspecified atom stereocenters. The van der Waals surface area contributed by atoms with Crippen LogP contribution in [0.1, 0.15) is 53.5 Å². The largest absolute Gasteiger partial charge is 0.370 e. The number of nitrogens with two attached hydrogens (primary N) is 1. The lowest BCUT2D eigenvalue weighted by Gasteiger charge is -2.15. The Morgan fingerprint density at radius 3 is 2.79 bits per heavy atom. The van der Waals surface area contributed by atoms with Gasteiger partial charge in [-0.2, -0.15) is 0 Å². The van der Waals surface area contributed by atoms with Crippen LogP contribution in [-0.4, -0.2) is 38.3 Å². The number of imidazole rings is 1. The number of nitrogens with zero attached hydrogens (tertiary/aromatic N) is 3. The van der Waals surface area contributed by atoms with Crippen LogP contribution < -0.4 is 11.1 Å². The van der Waals surface area contributed by atoms with Gasteiger partial charge in [0.15, 0.2) is 0 Å². The molecule has 1 atom stereocenters. The fourth-order valence-corrected chi connectivity index (χ4v) is 4.31. The predicted octanol–water partition coefficient (Wildman–Crippen LogP) is 4.03. The van der Waals surface area contributed by atoms with Crippen molar-refractivity contribution >= 4 is 33.9 Å². The number of unbranched alkanes of at least 4 members (excludes halogenated alkanes) is 2. The molecule has 2 amide bonds. The van der Waals surface area contributed by atoms with Gasteiger partial charge in [-0.15, -0.1) is 11.3 Å². The van der Waals surface area contributed by atoms with E-state index in [1.54, 1.807) is 17.9 Å². The number of carbonyl (C=O) groups is 2. The maximum absolute atomic E-state index is 12.4. The Morgan fingerprint density at radius 1 is 1.06 bits per heavy atom. The van der Waals surface area contributed by atoms with E-state index in [1.807, 2.05) is 18.5 Å². The van der Waals surface area contributed by atoms with Gasteiger partial charge in [-0.25, -0.2) is 4.98 Å². The molecule has 1 aromatic carbocycles. The van der Waals surface area contributed by atoms with Crippen molar-refractivity contribution in [3.05, 3.63) is 65.3 Å². The lowest BCUT2D eigenvalue weighted by molar-refractivity contribution is -0.118. The van der Waals surface area contributed by atoms with Crippen LogP contribution in [0.5, 0.6) is 0 Å². The Bertz CT molecular complexity index is 1220. The van der Waals surface area contributed by atoms with Crippen LogP contribution in [0.3, 0.4) is 0 Å². The molecule has 0 aliphatic carbocycles. The quantitative estimate of drug-likeness (QED) is 0.290. The average molecular weight is 463 g/mol. The molecule has 0 aliphatic heterocycles. The Kier molecular flexibility index (Phi) is 7.41. The molecule has 0 bridgehead atoms. The number of rotatable bonds is 11. The van der Waals surface area contributed by atoms with E-state index >= 15 is 0 Å². The first kappa shape index (κ1) is 22.6. The summed E-state index contributed by atoms with van der Waals surface area (Å²) < 4.78 is 0. The molecule has 33 heavy (non-hydrogen) atoms. The van der Waals surface area contributed by atoms with Gasteiger partial charge in [0, 0.05) is 42.2 Å². The number of H-pyrrole nitrogens is 1. The van der Waals surface area contributed by atoms with Crippen LogP contribution in [-0.2, 0) is 4.79 Å². The van der Waals surface area contributed by atoms with E-state index in [0.717, 1.165) is 53.5 Å². The third kappa shape index (κ3) is 6.01. The van der Waals surface area contributed by atoms with Crippen LogP contribution >= 0.6 is 11.3 Å². The first-order valence-electron chi connectivity index (χ1n) is 10.9. The molecule has 4 N–H and O–H groups in total. The van der Waals surface area contributed by atoms with Gasteiger partial charge < -0.3 is 16.0 Å². The Labute approximate surface area is 195 Å². The number of carbonyl (C=O) groups excluding carboxylic acids is 2. The number of aromatic nitrogens is 4. The van der Waals surface area contributed by atoms with Crippen molar-refractivity contribution in [1.82, 2.24) is 25.3 Å². The molecule has 0 spiro atoms. The fourth-order valence-electron chi connectivity index (χ4n) is 3.78. The summed E-state index contributed by atoms with van der Waals surface area (Å²) in [5.74, 6) is 0.441. The molecule has 0 saturated carbocycles. The van der Waals surface area contributed by atoms with Gasteiger partial charge in [0.2, 0.25) is 5.91 Å². The van der Waals surface area contributed by atoms with Gasteiger partial charge >= 0.3 is 0 Å². The molecule has 0 aliphatic rings.